The predicted octanol–water partition coefficient (Wildman–Crippen LogP) is 4.78. The van der Waals surface area contributed by atoms with E-state index in [9.17, 15) is 0 Å². The van der Waals surface area contributed by atoms with Crippen molar-refractivity contribution in [2.75, 3.05) is 0 Å². The molecule has 1 aliphatic carbocycles. The summed E-state index contributed by atoms with van der Waals surface area (Å²) in [6.07, 6.45) is 2.64. The molecule has 0 heterocycles. The number of hydrogen-bond acceptors (Lipinski definition) is 0. The van der Waals surface area contributed by atoms with Gasteiger partial charge in [0.15, 0.2) is 0 Å². The van der Waals surface area contributed by atoms with Crippen molar-refractivity contribution in [1.29, 1.82) is 0 Å². The Morgan fingerprint density at radius 2 is 1.41 bits per heavy atom. The van der Waals surface area contributed by atoms with Crippen LogP contribution in [0.1, 0.15) is 18.4 Å². The summed E-state index contributed by atoms with van der Waals surface area (Å²) in [7, 11) is 0. The lowest BCUT2D eigenvalue weighted by molar-refractivity contribution is 1.15. The Kier molecular flexibility index (Phi) is 2.56. The van der Waals surface area contributed by atoms with Crippen LogP contribution < -0.4 is 0 Å². The van der Waals surface area contributed by atoms with Crippen LogP contribution in [-0.2, 0) is 0 Å². The number of allylic oxidation sites excluding steroid dienone is 1. The first-order valence-electron chi connectivity index (χ1n) is 6.19. The maximum atomic E-state index is 4.19. The van der Waals surface area contributed by atoms with Gasteiger partial charge in [-0.3, -0.25) is 0 Å². The molecule has 3 rings (SSSR count). The van der Waals surface area contributed by atoms with Crippen molar-refractivity contribution in [2.45, 2.75) is 12.8 Å². The van der Waals surface area contributed by atoms with Crippen LogP contribution in [0.3, 0.4) is 0 Å². The Morgan fingerprint density at radius 1 is 0.824 bits per heavy atom. The second-order valence-corrected chi connectivity index (χ2v) is 4.74. The van der Waals surface area contributed by atoms with Gasteiger partial charge in [-0.1, -0.05) is 61.2 Å². The summed E-state index contributed by atoms with van der Waals surface area (Å²) in [5, 5.41) is 0. The van der Waals surface area contributed by atoms with Crippen molar-refractivity contribution < 1.29 is 0 Å². The van der Waals surface area contributed by atoms with Gasteiger partial charge in [0, 0.05) is 0 Å². The fraction of sp³-hybridized carbons (Fsp3) is 0.176. The highest BCUT2D eigenvalue weighted by Crippen LogP contribution is 2.40. The minimum atomic E-state index is 0.748. The molecule has 2 aromatic carbocycles. The lowest BCUT2D eigenvalue weighted by Gasteiger charge is -2.06. The summed E-state index contributed by atoms with van der Waals surface area (Å²) >= 11 is 0. The zero-order valence-corrected chi connectivity index (χ0v) is 9.89. The molecule has 0 aliphatic heterocycles. The van der Waals surface area contributed by atoms with E-state index in [0.717, 1.165) is 5.92 Å². The molecule has 0 N–H and O–H groups in total. The van der Waals surface area contributed by atoms with Crippen molar-refractivity contribution >= 4 is 5.57 Å². The van der Waals surface area contributed by atoms with E-state index in [4.69, 9.17) is 0 Å². The highest BCUT2D eigenvalue weighted by molar-refractivity contribution is 5.71. The van der Waals surface area contributed by atoms with Crippen LogP contribution in [0.25, 0.3) is 16.7 Å². The van der Waals surface area contributed by atoms with Crippen molar-refractivity contribution in [1.82, 2.24) is 0 Å². The highest BCUT2D eigenvalue weighted by atomic mass is 14.3. The van der Waals surface area contributed by atoms with Gasteiger partial charge < -0.3 is 0 Å². The second-order valence-electron chi connectivity index (χ2n) is 4.74. The molecule has 0 aromatic heterocycles. The van der Waals surface area contributed by atoms with Crippen LogP contribution in [-0.4, -0.2) is 0 Å². The van der Waals surface area contributed by atoms with Crippen molar-refractivity contribution in [3.63, 3.8) is 0 Å². The van der Waals surface area contributed by atoms with Gasteiger partial charge in [0.25, 0.3) is 0 Å². The summed E-state index contributed by atoms with van der Waals surface area (Å²) in [4.78, 5) is 0. The monoisotopic (exact) mass is 220 g/mol. The van der Waals surface area contributed by atoms with E-state index in [2.05, 4.69) is 55.1 Å². The van der Waals surface area contributed by atoms with Gasteiger partial charge >= 0.3 is 0 Å². The first-order valence-corrected chi connectivity index (χ1v) is 6.19. The van der Waals surface area contributed by atoms with Crippen molar-refractivity contribution in [3.8, 4) is 11.1 Å². The fourth-order valence-electron chi connectivity index (χ4n) is 2.17. The standard InChI is InChI=1S/C17H16/c1-13(14-7-8-14)15-9-11-17(12-10-15)16-5-3-2-4-6-16/h2-6,9-12,14H,1,7-8H2. The molecular formula is C17H16. The first-order chi connectivity index (χ1) is 8.34. The summed E-state index contributed by atoms with van der Waals surface area (Å²) in [5.41, 5.74) is 5.16. The lowest BCUT2D eigenvalue weighted by atomic mass is 9.99. The molecule has 0 amide bonds. The van der Waals surface area contributed by atoms with Gasteiger partial charge in [-0.25, -0.2) is 0 Å². The Bertz CT molecular complexity index is 516. The van der Waals surface area contributed by atoms with E-state index < -0.39 is 0 Å². The average Bonchev–Trinajstić information content (AvgIpc) is 3.24. The van der Waals surface area contributed by atoms with E-state index in [1.165, 1.54) is 35.1 Å². The molecule has 17 heavy (non-hydrogen) atoms. The Balaban J connectivity index is 1.87. The molecule has 84 valence electrons. The number of rotatable bonds is 3. The molecule has 0 saturated heterocycles. The quantitative estimate of drug-likeness (QED) is 0.698. The highest BCUT2D eigenvalue weighted by Gasteiger charge is 2.25. The van der Waals surface area contributed by atoms with Gasteiger partial charge in [0.05, 0.1) is 0 Å². The minimum absolute atomic E-state index is 0.748. The van der Waals surface area contributed by atoms with Crippen LogP contribution in [0.4, 0.5) is 0 Å². The molecule has 0 radical (unpaired) electrons. The van der Waals surface area contributed by atoms with Crippen LogP contribution >= 0.6 is 0 Å². The van der Waals surface area contributed by atoms with E-state index in [1.54, 1.807) is 0 Å². The maximum absolute atomic E-state index is 4.19. The number of hydrogen-bond donors (Lipinski definition) is 0. The van der Waals surface area contributed by atoms with Crippen LogP contribution in [0.15, 0.2) is 61.2 Å². The molecule has 1 fully saturated rings. The fourth-order valence-corrected chi connectivity index (χ4v) is 2.17. The van der Waals surface area contributed by atoms with Gasteiger partial charge in [-0.15, -0.1) is 0 Å². The zero-order valence-electron chi connectivity index (χ0n) is 9.89. The van der Waals surface area contributed by atoms with Crippen molar-refractivity contribution in [2.24, 2.45) is 5.92 Å². The molecule has 2 aromatic rings. The minimum Gasteiger partial charge on any atom is -0.0950 e. The molecule has 0 atom stereocenters. The normalized spacial score (nSPS) is 14.6. The zero-order chi connectivity index (χ0) is 11.7. The smallest absolute Gasteiger partial charge is 0.0161 e. The van der Waals surface area contributed by atoms with Gasteiger partial charge in [0.2, 0.25) is 0 Å². The second kappa shape index (κ2) is 4.21. The molecule has 0 spiro atoms. The molecule has 0 bridgehead atoms. The molecular weight excluding hydrogens is 204 g/mol. The van der Waals surface area contributed by atoms with Gasteiger partial charge in [-0.05, 0) is 41.0 Å². The van der Waals surface area contributed by atoms with Crippen molar-refractivity contribution in [3.05, 3.63) is 66.7 Å². The largest absolute Gasteiger partial charge is 0.0950 e. The number of benzene rings is 2. The Morgan fingerprint density at radius 3 is 2.00 bits per heavy atom. The predicted molar refractivity (Wildman–Crippen MR) is 73.6 cm³/mol. The molecule has 0 heteroatoms. The molecule has 0 nitrogen and oxygen atoms in total. The van der Waals surface area contributed by atoms with E-state index in [0.29, 0.717) is 0 Å². The van der Waals surface area contributed by atoms with E-state index in [-0.39, 0.29) is 0 Å². The average molecular weight is 220 g/mol. The van der Waals surface area contributed by atoms with Crippen LogP contribution in [0.2, 0.25) is 0 Å². The Labute approximate surface area is 103 Å². The third-order valence-corrected chi connectivity index (χ3v) is 3.43. The molecule has 1 saturated carbocycles. The molecule has 0 unspecified atom stereocenters. The topological polar surface area (TPSA) is 0 Å². The van der Waals surface area contributed by atoms with Crippen LogP contribution in [0, 0.1) is 5.92 Å². The summed E-state index contributed by atoms with van der Waals surface area (Å²) < 4.78 is 0. The summed E-state index contributed by atoms with van der Waals surface area (Å²) in [6.45, 7) is 4.19. The van der Waals surface area contributed by atoms with E-state index >= 15 is 0 Å². The SMILES string of the molecule is C=C(c1ccc(-c2ccccc2)cc1)C1CC1. The van der Waals surface area contributed by atoms with Gasteiger partial charge in [0.1, 0.15) is 0 Å². The third-order valence-electron chi connectivity index (χ3n) is 3.43. The third kappa shape index (κ3) is 2.16. The summed E-state index contributed by atoms with van der Waals surface area (Å²) in [6, 6.07) is 19.3. The maximum Gasteiger partial charge on any atom is -0.0161 e. The summed E-state index contributed by atoms with van der Waals surface area (Å²) in [5.74, 6) is 0.748. The van der Waals surface area contributed by atoms with Gasteiger partial charge in [-0.2, -0.15) is 0 Å². The van der Waals surface area contributed by atoms with Crippen LogP contribution in [0.5, 0.6) is 0 Å². The molecule has 1 aliphatic rings. The van der Waals surface area contributed by atoms with E-state index in [1.807, 2.05) is 6.07 Å². The first kappa shape index (κ1) is 10.3. The lowest BCUT2D eigenvalue weighted by Crippen LogP contribution is -1.85. The Hall–Kier alpha value is -1.82.